The normalized spacial score (nSPS) is 27.0. The number of carbonyl (C=O) groups is 1. The van der Waals surface area contributed by atoms with Crippen LogP contribution in [0.25, 0.3) is 0 Å². The zero-order valence-corrected chi connectivity index (χ0v) is 13.7. The highest BCUT2D eigenvalue weighted by Gasteiger charge is 2.47. The monoisotopic (exact) mass is 329 g/mol. The molecule has 1 N–H and O–H groups in total. The first-order valence-electron chi connectivity index (χ1n) is 8.26. The summed E-state index contributed by atoms with van der Waals surface area (Å²) in [5, 5.41) is 7.86. The van der Waals surface area contributed by atoms with E-state index in [1.165, 1.54) is 0 Å². The lowest BCUT2D eigenvalue weighted by Crippen LogP contribution is -2.40. The lowest BCUT2D eigenvalue weighted by molar-refractivity contribution is -0.133. The van der Waals surface area contributed by atoms with Gasteiger partial charge in [0.1, 0.15) is 0 Å². The Morgan fingerprint density at radius 3 is 2.96 bits per heavy atom. The van der Waals surface area contributed by atoms with E-state index in [9.17, 15) is 4.79 Å². The first-order valence-corrected chi connectivity index (χ1v) is 8.64. The Morgan fingerprint density at radius 2 is 2.17 bits per heavy atom. The first-order chi connectivity index (χ1) is 11.2. The van der Waals surface area contributed by atoms with Gasteiger partial charge in [-0.1, -0.05) is 29.8 Å². The third kappa shape index (κ3) is 2.88. The molecule has 3 atom stereocenters. The molecule has 1 saturated carbocycles. The fourth-order valence-electron chi connectivity index (χ4n) is 3.75. The minimum Gasteiger partial charge on any atom is -0.342 e. The Hall–Kier alpha value is -1.81. The summed E-state index contributed by atoms with van der Waals surface area (Å²) in [4.78, 5) is 14.9. The molecule has 4 nitrogen and oxygen atoms in total. The highest BCUT2D eigenvalue weighted by molar-refractivity contribution is 6.31. The Labute approximate surface area is 140 Å². The van der Waals surface area contributed by atoms with Crippen LogP contribution < -0.4 is 0 Å². The highest BCUT2D eigenvalue weighted by Crippen LogP contribution is 2.50. The summed E-state index contributed by atoms with van der Waals surface area (Å²) in [6, 6.07) is 9.90. The number of aromatic amines is 1. The second kappa shape index (κ2) is 6.00. The number of benzene rings is 1. The summed E-state index contributed by atoms with van der Waals surface area (Å²) in [6.07, 6.45) is 4.88. The number of halogens is 1. The molecule has 2 fully saturated rings. The number of likely N-dealkylation sites (tertiary alicyclic amines) is 1. The van der Waals surface area contributed by atoms with Crippen LogP contribution in [0.4, 0.5) is 0 Å². The van der Waals surface area contributed by atoms with E-state index < -0.39 is 0 Å². The van der Waals surface area contributed by atoms with E-state index in [4.69, 9.17) is 11.6 Å². The molecule has 1 saturated heterocycles. The fourth-order valence-corrected chi connectivity index (χ4v) is 4.02. The fraction of sp³-hybridized carbons (Fsp3) is 0.444. The molecule has 1 aliphatic heterocycles. The minimum atomic E-state index is 0.107. The van der Waals surface area contributed by atoms with Gasteiger partial charge in [-0.3, -0.25) is 9.89 Å². The Balaban J connectivity index is 1.43. The summed E-state index contributed by atoms with van der Waals surface area (Å²) in [7, 11) is 0. The summed E-state index contributed by atoms with van der Waals surface area (Å²) >= 11 is 6.27. The smallest absolute Gasteiger partial charge is 0.226 e. The number of carbonyl (C=O) groups excluding carboxylic acids is 1. The third-order valence-corrected chi connectivity index (χ3v) is 5.45. The van der Waals surface area contributed by atoms with Crippen molar-refractivity contribution in [2.45, 2.75) is 31.1 Å². The van der Waals surface area contributed by atoms with E-state index in [-0.39, 0.29) is 5.92 Å². The summed E-state index contributed by atoms with van der Waals surface area (Å²) in [5.74, 6) is 1.07. The van der Waals surface area contributed by atoms with Gasteiger partial charge in [0.05, 0.1) is 0 Å². The highest BCUT2D eigenvalue weighted by atomic mass is 35.5. The maximum atomic E-state index is 12.8. The van der Waals surface area contributed by atoms with Crippen molar-refractivity contribution in [2.24, 2.45) is 5.92 Å². The second-order valence-electron chi connectivity index (χ2n) is 6.61. The average Bonchev–Trinajstić information content (AvgIpc) is 3.17. The quantitative estimate of drug-likeness (QED) is 0.935. The van der Waals surface area contributed by atoms with E-state index in [2.05, 4.69) is 10.2 Å². The van der Waals surface area contributed by atoms with Crippen LogP contribution in [0.5, 0.6) is 0 Å². The zero-order valence-electron chi connectivity index (χ0n) is 12.9. The topological polar surface area (TPSA) is 49.0 Å². The van der Waals surface area contributed by atoms with Gasteiger partial charge in [-0.15, -0.1) is 0 Å². The van der Waals surface area contributed by atoms with E-state index in [1.807, 2.05) is 35.2 Å². The number of H-pyrrole nitrogens is 1. The van der Waals surface area contributed by atoms with Crippen LogP contribution in [0.1, 0.15) is 42.4 Å². The standard InChI is InChI=1S/C18H20ClN3O/c19-16-6-2-1-5-13(16)14-10-15(14)18(23)22-9-3-4-12(11-22)17-7-8-20-21-17/h1-2,5-8,12,14-15H,3-4,9-11H2,(H,20,21)/t12-,14+,15+/m0/s1. The summed E-state index contributed by atoms with van der Waals surface area (Å²) in [6.45, 7) is 1.67. The number of nitrogens with zero attached hydrogens (tertiary/aromatic N) is 2. The molecule has 120 valence electrons. The van der Waals surface area contributed by atoms with Crippen molar-refractivity contribution in [1.82, 2.24) is 15.1 Å². The molecule has 2 aliphatic rings. The Morgan fingerprint density at radius 1 is 1.30 bits per heavy atom. The Bertz CT molecular complexity index is 700. The van der Waals surface area contributed by atoms with Crippen molar-refractivity contribution in [3.8, 4) is 0 Å². The number of nitrogens with one attached hydrogen (secondary N) is 1. The van der Waals surface area contributed by atoms with Crippen molar-refractivity contribution < 1.29 is 4.79 Å². The van der Waals surface area contributed by atoms with E-state index in [1.54, 1.807) is 6.20 Å². The van der Waals surface area contributed by atoms with Crippen molar-refractivity contribution in [3.63, 3.8) is 0 Å². The molecule has 23 heavy (non-hydrogen) atoms. The number of hydrogen-bond donors (Lipinski definition) is 1. The van der Waals surface area contributed by atoms with Gasteiger partial charge in [-0.05, 0) is 42.9 Å². The largest absolute Gasteiger partial charge is 0.342 e. The molecule has 1 aromatic heterocycles. The number of hydrogen-bond acceptors (Lipinski definition) is 2. The van der Waals surface area contributed by atoms with Gasteiger partial charge >= 0.3 is 0 Å². The van der Waals surface area contributed by atoms with Crippen LogP contribution in [0.2, 0.25) is 5.02 Å². The second-order valence-corrected chi connectivity index (χ2v) is 7.01. The minimum absolute atomic E-state index is 0.107. The van der Waals surface area contributed by atoms with Gasteiger partial charge in [0.15, 0.2) is 0 Å². The average molecular weight is 330 g/mol. The van der Waals surface area contributed by atoms with Crippen LogP contribution in [-0.2, 0) is 4.79 Å². The lowest BCUT2D eigenvalue weighted by Gasteiger charge is -2.32. The van der Waals surface area contributed by atoms with E-state index in [0.29, 0.717) is 17.7 Å². The van der Waals surface area contributed by atoms with E-state index in [0.717, 1.165) is 48.6 Å². The molecule has 1 aliphatic carbocycles. The number of rotatable bonds is 3. The lowest BCUT2D eigenvalue weighted by atomic mass is 9.94. The molecule has 1 aromatic carbocycles. The molecule has 0 spiro atoms. The molecule has 0 radical (unpaired) electrons. The maximum absolute atomic E-state index is 12.8. The van der Waals surface area contributed by atoms with Crippen molar-refractivity contribution in [1.29, 1.82) is 0 Å². The maximum Gasteiger partial charge on any atom is 0.226 e. The van der Waals surface area contributed by atoms with Gasteiger partial charge in [-0.25, -0.2) is 0 Å². The third-order valence-electron chi connectivity index (χ3n) is 5.11. The predicted molar refractivity (Wildman–Crippen MR) is 89.4 cm³/mol. The molecule has 0 bridgehead atoms. The number of amides is 1. The van der Waals surface area contributed by atoms with Crippen LogP contribution >= 0.6 is 11.6 Å². The molecule has 5 heteroatoms. The number of aromatic nitrogens is 2. The van der Waals surface area contributed by atoms with Crippen LogP contribution in [-0.4, -0.2) is 34.1 Å². The summed E-state index contributed by atoms with van der Waals surface area (Å²) < 4.78 is 0. The van der Waals surface area contributed by atoms with Gasteiger partial charge in [-0.2, -0.15) is 5.10 Å². The summed E-state index contributed by atoms with van der Waals surface area (Å²) in [5.41, 5.74) is 2.26. The molecule has 4 rings (SSSR count). The van der Waals surface area contributed by atoms with Crippen LogP contribution in [0.3, 0.4) is 0 Å². The first kappa shape index (κ1) is 14.8. The molecule has 2 heterocycles. The Kier molecular flexibility index (Phi) is 3.85. The molecule has 0 unspecified atom stereocenters. The van der Waals surface area contributed by atoms with Crippen LogP contribution in [0.15, 0.2) is 36.5 Å². The van der Waals surface area contributed by atoms with Gasteiger partial charge in [0.2, 0.25) is 5.91 Å². The van der Waals surface area contributed by atoms with Crippen LogP contribution in [0, 0.1) is 5.92 Å². The SMILES string of the molecule is O=C([C@@H]1C[C@@H]1c1ccccc1Cl)N1CCC[C@H](c2ccn[nH]2)C1. The molecule has 2 aromatic rings. The number of piperidine rings is 1. The van der Waals surface area contributed by atoms with E-state index >= 15 is 0 Å². The molecular formula is C18H20ClN3O. The van der Waals surface area contributed by atoms with Gasteiger partial charge < -0.3 is 4.90 Å². The zero-order chi connectivity index (χ0) is 15.8. The predicted octanol–water partition coefficient (Wildman–Crippen LogP) is 3.57. The van der Waals surface area contributed by atoms with Crippen molar-refractivity contribution >= 4 is 17.5 Å². The molecular weight excluding hydrogens is 310 g/mol. The van der Waals surface area contributed by atoms with Gasteiger partial charge in [0.25, 0.3) is 0 Å². The van der Waals surface area contributed by atoms with Crippen molar-refractivity contribution in [2.75, 3.05) is 13.1 Å². The molecule has 1 amide bonds. The van der Waals surface area contributed by atoms with Gasteiger partial charge in [0, 0.05) is 41.8 Å². The van der Waals surface area contributed by atoms with Crippen molar-refractivity contribution in [3.05, 3.63) is 52.8 Å².